The zero-order valence-electron chi connectivity index (χ0n) is 13.3. The molecule has 0 bridgehead atoms. The highest BCUT2D eigenvalue weighted by Crippen LogP contribution is 2.19. The third-order valence-corrected chi connectivity index (χ3v) is 4.15. The van der Waals surface area contributed by atoms with Crippen LogP contribution in [0.5, 0.6) is 0 Å². The summed E-state index contributed by atoms with van der Waals surface area (Å²) in [6, 6.07) is 9.92. The fraction of sp³-hybridized carbons (Fsp3) is 0.588. The topological polar surface area (TPSA) is 53.0 Å². The Hall–Kier alpha value is -1.59. The molecule has 1 aliphatic rings. The first-order valence-electron chi connectivity index (χ1n) is 8.05. The minimum Gasteiger partial charge on any atom is -0.445 e. The van der Waals surface area contributed by atoms with E-state index >= 15 is 0 Å². The van der Waals surface area contributed by atoms with Crippen molar-refractivity contribution in [3.8, 4) is 0 Å². The number of benzene rings is 1. The normalized spacial score (nSPS) is 18.0. The van der Waals surface area contributed by atoms with Gasteiger partial charge in [-0.3, -0.25) is 4.90 Å². The van der Waals surface area contributed by atoms with Crippen LogP contribution in [0.2, 0.25) is 0 Å². The Balaban J connectivity index is 1.85. The number of likely N-dealkylation sites (tertiary alicyclic amines) is 1. The number of carbonyl (C=O) groups is 1. The van der Waals surface area contributed by atoms with Gasteiger partial charge in [0.1, 0.15) is 6.61 Å². The first kappa shape index (κ1) is 16.8. The third-order valence-electron chi connectivity index (χ3n) is 4.15. The van der Waals surface area contributed by atoms with Gasteiger partial charge in [0, 0.05) is 25.7 Å². The zero-order valence-corrected chi connectivity index (χ0v) is 13.3. The summed E-state index contributed by atoms with van der Waals surface area (Å²) in [5, 5.41) is 9.08. The molecule has 1 aromatic carbocycles. The van der Waals surface area contributed by atoms with Gasteiger partial charge in [0.25, 0.3) is 0 Å². The van der Waals surface area contributed by atoms with Crippen molar-refractivity contribution in [2.75, 3.05) is 32.8 Å². The molecule has 22 heavy (non-hydrogen) atoms. The van der Waals surface area contributed by atoms with Crippen LogP contribution in [0.15, 0.2) is 30.3 Å². The maximum atomic E-state index is 12.3. The van der Waals surface area contributed by atoms with E-state index in [9.17, 15) is 4.79 Å². The first-order chi connectivity index (χ1) is 10.7. The van der Waals surface area contributed by atoms with E-state index in [1.54, 1.807) is 0 Å². The lowest BCUT2D eigenvalue weighted by Crippen LogP contribution is -2.44. The second kappa shape index (κ2) is 8.76. The highest BCUT2D eigenvalue weighted by Gasteiger charge is 2.30. The van der Waals surface area contributed by atoms with Crippen LogP contribution < -0.4 is 0 Å². The van der Waals surface area contributed by atoms with Crippen molar-refractivity contribution in [1.29, 1.82) is 0 Å². The Bertz CT molecular complexity index is 452. The summed E-state index contributed by atoms with van der Waals surface area (Å²) < 4.78 is 5.44. The number of hydrogen-bond donors (Lipinski definition) is 1. The molecule has 0 spiro atoms. The van der Waals surface area contributed by atoms with E-state index in [0.717, 1.165) is 38.0 Å². The molecule has 1 amide bonds. The number of likely N-dealkylation sites (N-methyl/N-ethyl adjacent to an activating group) is 1. The van der Waals surface area contributed by atoms with Gasteiger partial charge in [-0.25, -0.2) is 4.79 Å². The average Bonchev–Trinajstić information content (AvgIpc) is 3.01. The minimum atomic E-state index is -0.230. The number of rotatable bonds is 7. The van der Waals surface area contributed by atoms with Crippen molar-refractivity contribution in [2.45, 2.75) is 32.4 Å². The number of aliphatic hydroxyl groups excluding tert-OH is 1. The molecule has 1 saturated heterocycles. The first-order valence-corrected chi connectivity index (χ1v) is 8.05. The van der Waals surface area contributed by atoms with Crippen LogP contribution >= 0.6 is 0 Å². The van der Waals surface area contributed by atoms with Crippen molar-refractivity contribution in [3.05, 3.63) is 35.9 Å². The van der Waals surface area contributed by atoms with Crippen molar-refractivity contribution in [3.63, 3.8) is 0 Å². The largest absolute Gasteiger partial charge is 0.445 e. The van der Waals surface area contributed by atoms with Crippen LogP contribution in [0.1, 0.15) is 25.3 Å². The van der Waals surface area contributed by atoms with Crippen molar-refractivity contribution in [2.24, 2.45) is 0 Å². The maximum absolute atomic E-state index is 12.3. The molecule has 1 heterocycles. The summed E-state index contributed by atoms with van der Waals surface area (Å²) >= 11 is 0. The summed E-state index contributed by atoms with van der Waals surface area (Å²) in [6.07, 6.45) is 1.79. The molecule has 1 fully saturated rings. The summed E-state index contributed by atoms with van der Waals surface area (Å²) in [5.41, 5.74) is 1.00. The van der Waals surface area contributed by atoms with Crippen LogP contribution in [0.4, 0.5) is 4.79 Å². The van der Waals surface area contributed by atoms with E-state index in [1.807, 2.05) is 35.2 Å². The predicted octanol–water partition coefficient (Wildman–Crippen LogP) is 2.10. The molecule has 0 radical (unpaired) electrons. The smallest absolute Gasteiger partial charge is 0.410 e. The molecule has 0 saturated carbocycles. The summed E-state index contributed by atoms with van der Waals surface area (Å²) in [4.78, 5) is 16.3. The Morgan fingerprint density at radius 2 is 2.18 bits per heavy atom. The fourth-order valence-corrected chi connectivity index (χ4v) is 2.89. The lowest BCUT2D eigenvalue weighted by Gasteiger charge is -2.29. The van der Waals surface area contributed by atoms with Crippen LogP contribution in [-0.4, -0.2) is 59.8 Å². The quantitative estimate of drug-likeness (QED) is 0.838. The van der Waals surface area contributed by atoms with Crippen LogP contribution in [0.25, 0.3) is 0 Å². The van der Waals surface area contributed by atoms with Gasteiger partial charge in [0.05, 0.1) is 6.61 Å². The van der Waals surface area contributed by atoms with Crippen LogP contribution in [0.3, 0.4) is 0 Å². The van der Waals surface area contributed by atoms with Gasteiger partial charge < -0.3 is 14.7 Å². The highest BCUT2D eigenvalue weighted by molar-refractivity contribution is 5.68. The van der Waals surface area contributed by atoms with Crippen molar-refractivity contribution in [1.82, 2.24) is 9.80 Å². The Labute approximate surface area is 132 Å². The number of carbonyl (C=O) groups excluding carboxylic acids is 1. The van der Waals surface area contributed by atoms with Gasteiger partial charge in [-0.05, 0) is 24.9 Å². The Morgan fingerprint density at radius 1 is 1.41 bits per heavy atom. The molecule has 1 aliphatic heterocycles. The van der Waals surface area contributed by atoms with E-state index in [-0.39, 0.29) is 18.7 Å². The molecule has 5 nitrogen and oxygen atoms in total. The lowest BCUT2D eigenvalue weighted by molar-refractivity contribution is 0.0823. The Morgan fingerprint density at radius 3 is 2.86 bits per heavy atom. The van der Waals surface area contributed by atoms with E-state index in [1.165, 1.54) is 0 Å². The Kier molecular flexibility index (Phi) is 6.68. The van der Waals surface area contributed by atoms with Gasteiger partial charge in [0.2, 0.25) is 0 Å². The predicted molar refractivity (Wildman–Crippen MR) is 85.6 cm³/mol. The van der Waals surface area contributed by atoms with Gasteiger partial charge >= 0.3 is 6.09 Å². The zero-order chi connectivity index (χ0) is 15.8. The second-order valence-corrected chi connectivity index (χ2v) is 5.65. The monoisotopic (exact) mass is 306 g/mol. The maximum Gasteiger partial charge on any atom is 0.410 e. The van der Waals surface area contributed by atoms with Gasteiger partial charge in [0.15, 0.2) is 0 Å². The molecular weight excluding hydrogens is 280 g/mol. The van der Waals surface area contributed by atoms with Crippen LogP contribution in [0, 0.1) is 0 Å². The highest BCUT2D eigenvalue weighted by atomic mass is 16.6. The summed E-state index contributed by atoms with van der Waals surface area (Å²) in [5.74, 6) is 0. The van der Waals surface area contributed by atoms with Gasteiger partial charge in [-0.2, -0.15) is 0 Å². The van der Waals surface area contributed by atoms with E-state index in [4.69, 9.17) is 9.84 Å². The molecule has 5 heteroatoms. The molecule has 1 atom stereocenters. The molecule has 0 aliphatic carbocycles. The van der Waals surface area contributed by atoms with Gasteiger partial charge in [-0.1, -0.05) is 37.3 Å². The van der Waals surface area contributed by atoms with Crippen LogP contribution in [-0.2, 0) is 11.3 Å². The number of amides is 1. The standard InChI is InChI=1S/C17H26N2O3/c1-2-18(11-12-20)13-16-9-6-10-19(16)17(21)22-14-15-7-4-3-5-8-15/h3-5,7-8,16,20H,2,6,9-14H2,1H3. The second-order valence-electron chi connectivity index (χ2n) is 5.65. The minimum absolute atomic E-state index is 0.152. The van der Waals surface area contributed by atoms with E-state index in [0.29, 0.717) is 13.2 Å². The molecule has 2 rings (SSSR count). The molecular formula is C17H26N2O3. The lowest BCUT2D eigenvalue weighted by atomic mass is 10.2. The van der Waals surface area contributed by atoms with Gasteiger partial charge in [-0.15, -0.1) is 0 Å². The number of nitrogens with zero attached hydrogens (tertiary/aromatic N) is 2. The summed E-state index contributed by atoms with van der Waals surface area (Å²) in [6.45, 7) is 5.63. The summed E-state index contributed by atoms with van der Waals surface area (Å²) in [7, 11) is 0. The average molecular weight is 306 g/mol. The van der Waals surface area contributed by atoms with E-state index < -0.39 is 0 Å². The number of hydrogen-bond acceptors (Lipinski definition) is 4. The number of aliphatic hydroxyl groups is 1. The molecule has 122 valence electrons. The fourth-order valence-electron chi connectivity index (χ4n) is 2.89. The molecule has 0 aromatic heterocycles. The SMILES string of the molecule is CCN(CCO)CC1CCCN1C(=O)OCc1ccccc1. The van der Waals surface area contributed by atoms with Crippen molar-refractivity contribution >= 4 is 6.09 Å². The van der Waals surface area contributed by atoms with E-state index in [2.05, 4.69) is 11.8 Å². The molecule has 1 aromatic rings. The molecule has 1 N–H and O–H groups in total. The number of ether oxygens (including phenoxy) is 1. The third kappa shape index (κ3) is 4.71. The van der Waals surface area contributed by atoms with Crippen molar-refractivity contribution < 1.29 is 14.6 Å². The molecule has 1 unspecified atom stereocenters.